The molecule has 0 spiro atoms. The maximum absolute atomic E-state index is 5.52. The van der Waals surface area contributed by atoms with Gasteiger partial charge in [-0.2, -0.15) is 0 Å². The monoisotopic (exact) mass is 221 g/mol. The Labute approximate surface area is 101 Å². The second kappa shape index (κ2) is 4.10. The molecule has 0 aromatic heterocycles. The van der Waals surface area contributed by atoms with Gasteiger partial charge in [0.25, 0.3) is 0 Å². The summed E-state index contributed by atoms with van der Waals surface area (Å²) >= 11 is 0. The van der Waals surface area contributed by atoms with Crippen molar-refractivity contribution in [2.75, 3.05) is 6.61 Å². The van der Waals surface area contributed by atoms with Crippen LogP contribution in [0.2, 0.25) is 0 Å². The van der Waals surface area contributed by atoms with Crippen molar-refractivity contribution in [2.45, 2.75) is 6.92 Å². The molecule has 0 fully saturated rings. The fourth-order valence-corrected chi connectivity index (χ4v) is 2.11. The molecule has 83 valence electrons. The van der Waals surface area contributed by atoms with Gasteiger partial charge in [0, 0.05) is 0 Å². The van der Waals surface area contributed by atoms with E-state index in [-0.39, 0.29) is 0 Å². The second-order valence-electron chi connectivity index (χ2n) is 4.07. The van der Waals surface area contributed by atoms with Gasteiger partial charge < -0.3 is 4.74 Å². The largest absolute Gasteiger partial charge is 0.494 e. The standard InChI is InChI=1S/C16H13O/c1-2-17-16-8-7-14-9-12-5-3-4-6-13(12)10-15(14)11-16/h3,5-11H,2H2,1H3. The molecule has 0 N–H and O–H groups in total. The summed E-state index contributed by atoms with van der Waals surface area (Å²) in [6.07, 6.45) is 0. The van der Waals surface area contributed by atoms with Crippen LogP contribution in [0.5, 0.6) is 5.75 Å². The van der Waals surface area contributed by atoms with E-state index in [4.69, 9.17) is 4.74 Å². The Hall–Kier alpha value is -2.02. The van der Waals surface area contributed by atoms with Crippen LogP contribution in [0.15, 0.2) is 48.5 Å². The van der Waals surface area contributed by atoms with E-state index in [0.717, 1.165) is 5.75 Å². The average Bonchev–Trinajstić information content (AvgIpc) is 2.36. The summed E-state index contributed by atoms with van der Waals surface area (Å²) in [4.78, 5) is 0. The lowest BCUT2D eigenvalue weighted by Gasteiger charge is -2.06. The Kier molecular flexibility index (Phi) is 2.45. The molecule has 0 aliphatic rings. The van der Waals surface area contributed by atoms with E-state index in [1.165, 1.54) is 21.5 Å². The van der Waals surface area contributed by atoms with Crippen LogP contribution in [0.4, 0.5) is 0 Å². The van der Waals surface area contributed by atoms with Crippen LogP contribution in [0.1, 0.15) is 6.92 Å². The Balaban J connectivity index is 2.25. The molecule has 0 saturated heterocycles. The normalized spacial score (nSPS) is 10.9. The molecule has 0 aliphatic carbocycles. The fourth-order valence-electron chi connectivity index (χ4n) is 2.11. The quantitative estimate of drug-likeness (QED) is 0.589. The molecule has 3 aromatic carbocycles. The van der Waals surface area contributed by atoms with Crippen LogP contribution >= 0.6 is 0 Å². The number of hydrogen-bond acceptors (Lipinski definition) is 1. The highest BCUT2D eigenvalue weighted by atomic mass is 16.5. The molecule has 0 unspecified atom stereocenters. The van der Waals surface area contributed by atoms with Gasteiger partial charge in [-0.3, -0.25) is 0 Å². The minimum atomic E-state index is 0.701. The Morgan fingerprint density at radius 1 is 0.941 bits per heavy atom. The van der Waals surface area contributed by atoms with Crippen molar-refractivity contribution in [2.24, 2.45) is 0 Å². The van der Waals surface area contributed by atoms with Crippen LogP contribution in [0.25, 0.3) is 21.5 Å². The van der Waals surface area contributed by atoms with E-state index < -0.39 is 0 Å². The smallest absolute Gasteiger partial charge is 0.119 e. The first-order valence-corrected chi connectivity index (χ1v) is 5.83. The SMILES string of the molecule is CCOc1ccc2cc3cc[c]cc3cc2c1. The van der Waals surface area contributed by atoms with E-state index in [1.807, 2.05) is 25.1 Å². The summed E-state index contributed by atoms with van der Waals surface area (Å²) in [5.74, 6) is 0.930. The first-order chi connectivity index (χ1) is 8.36. The molecule has 17 heavy (non-hydrogen) atoms. The lowest BCUT2D eigenvalue weighted by atomic mass is 10.0. The highest BCUT2D eigenvalue weighted by Crippen LogP contribution is 2.26. The number of benzene rings is 3. The zero-order valence-corrected chi connectivity index (χ0v) is 9.73. The van der Waals surface area contributed by atoms with Gasteiger partial charge in [-0.05, 0) is 64.9 Å². The summed E-state index contributed by atoms with van der Waals surface area (Å²) in [5, 5.41) is 4.92. The molecule has 1 radical (unpaired) electrons. The van der Waals surface area contributed by atoms with Crippen molar-refractivity contribution in [3.63, 3.8) is 0 Å². The van der Waals surface area contributed by atoms with Crippen molar-refractivity contribution in [3.05, 3.63) is 54.6 Å². The summed E-state index contributed by atoms with van der Waals surface area (Å²) in [5.41, 5.74) is 0. The highest BCUT2D eigenvalue weighted by Gasteiger charge is 1.99. The van der Waals surface area contributed by atoms with Crippen molar-refractivity contribution in [1.82, 2.24) is 0 Å². The molecule has 0 saturated carbocycles. The predicted molar refractivity (Wildman–Crippen MR) is 71.5 cm³/mol. The Morgan fingerprint density at radius 3 is 2.65 bits per heavy atom. The van der Waals surface area contributed by atoms with E-state index in [0.29, 0.717) is 6.61 Å². The van der Waals surface area contributed by atoms with Gasteiger partial charge in [0.15, 0.2) is 0 Å². The lowest BCUT2D eigenvalue weighted by molar-refractivity contribution is 0.341. The number of ether oxygens (including phenoxy) is 1. The zero-order chi connectivity index (χ0) is 11.7. The molecule has 0 amide bonds. The maximum Gasteiger partial charge on any atom is 0.119 e. The van der Waals surface area contributed by atoms with Crippen molar-refractivity contribution in [1.29, 1.82) is 0 Å². The van der Waals surface area contributed by atoms with Gasteiger partial charge in [-0.15, -0.1) is 0 Å². The van der Waals surface area contributed by atoms with Crippen LogP contribution in [0.3, 0.4) is 0 Å². The molecule has 1 heteroatoms. The average molecular weight is 221 g/mol. The van der Waals surface area contributed by atoms with Gasteiger partial charge >= 0.3 is 0 Å². The minimum absolute atomic E-state index is 0.701. The van der Waals surface area contributed by atoms with Crippen LogP contribution in [-0.4, -0.2) is 6.61 Å². The molecule has 0 bridgehead atoms. The molecule has 3 rings (SSSR count). The topological polar surface area (TPSA) is 9.23 Å². The second-order valence-corrected chi connectivity index (χ2v) is 4.07. The third kappa shape index (κ3) is 1.84. The Morgan fingerprint density at radius 2 is 1.76 bits per heavy atom. The van der Waals surface area contributed by atoms with Crippen LogP contribution in [-0.2, 0) is 0 Å². The summed E-state index contributed by atoms with van der Waals surface area (Å²) in [6.45, 7) is 2.70. The van der Waals surface area contributed by atoms with E-state index >= 15 is 0 Å². The van der Waals surface area contributed by atoms with Gasteiger partial charge in [-0.1, -0.05) is 18.2 Å². The first-order valence-electron chi connectivity index (χ1n) is 5.83. The van der Waals surface area contributed by atoms with E-state index in [9.17, 15) is 0 Å². The predicted octanol–water partition coefficient (Wildman–Crippen LogP) is 4.19. The summed E-state index contributed by atoms with van der Waals surface area (Å²) in [6, 6.07) is 19.8. The fraction of sp³-hybridized carbons (Fsp3) is 0.125. The third-order valence-corrected chi connectivity index (χ3v) is 2.92. The lowest BCUT2D eigenvalue weighted by Crippen LogP contribution is -1.90. The van der Waals surface area contributed by atoms with Crippen molar-refractivity contribution < 1.29 is 4.74 Å². The number of rotatable bonds is 2. The molecular formula is C16H13O. The molecule has 0 aliphatic heterocycles. The van der Waals surface area contributed by atoms with Crippen LogP contribution in [0, 0.1) is 6.07 Å². The molecule has 1 nitrogen and oxygen atoms in total. The van der Waals surface area contributed by atoms with Crippen molar-refractivity contribution in [3.8, 4) is 5.75 Å². The summed E-state index contributed by atoms with van der Waals surface area (Å²) < 4.78 is 5.52. The zero-order valence-electron chi connectivity index (χ0n) is 9.73. The van der Waals surface area contributed by atoms with E-state index in [1.54, 1.807) is 0 Å². The molecule has 3 aromatic rings. The number of hydrogen-bond donors (Lipinski definition) is 0. The maximum atomic E-state index is 5.52. The number of fused-ring (bicyclic) bond motifs is 2. The minimum Gasteiger partial charge on any atom is -0.494 e. The van der Waals surface area contributed by atoms with Gasteiger partial charge in [0.1, 0.15) is 5.75 Å². The van der Waals surface area contributed by atoms with Gasteiger partial charge in [0.2, 0.25) is 0 Å². The van der Waals surface area contributed by atoms with Gasteiger partial charge in [0.05, 0.1) is 6.61 Å². The highest BCUT2D eigenvalue weighted by molar-refractivity contribution is 5.98. The van der Waals surface area contributed by atoms with Crippen LogP contribution < -0.4 is 4.74 Å². The first kappa shape index (κ1) is 10.2. The molecular weight excluding hydrogens is 208 g/mol. The van der Waals surface area contributed by atoms with Crippen molar-refractivity contribution >= 4 is 21.5 Å². The van der Waals surface area contributed by atoms with Gasteiger partial charge in [-0.25, -0.2) is 0 Å². The molecule has 0 heterocycles. The summed E-state index contributed by atoms with van der Waals surface area (Å²) in [7, 11) is 0. The third-order valence-electron chi connectivity index (χ3n) is 2.92. The molecule has 0 atom stereocenters. The Bertz CT molecular complexity index is 670. The van der Waals surface area contributed by atoms with E-state index in [2.05, 4.69) is 36.4 Å².